The number of hydrogen-bond donors (Lipinski definition) is 2. The van der Waals surface area contributed by atoms with Crippen LogP contribution in [-0.4, -0.2) is 44.2 Å². The molecule has 2 aliphatic rings. The lowest BCUT2D eigenvalue weighted by atomic mass is 9.96. The second-order valence-electron chi connectivity index (χ2n) is 8.56. The van der Waals surface area contributed by atoms with Gasteiger partial charge in [-0.3, -0.25) is 9.59 Å². The molecule has 182 valence electrons. The third-order valence-corrected chi connectivity index (χ3v) is 6.19. The van der Waals surface area contributed by atoms with Gasteiger partial charge >= 0.3 is 6.18 Å². The molecule has 34 heavy (non-hydrogen) atoms. The number of benzene rings is 2. The van der Waals surface area contributed by atoms with E-state index in [0.29, 0.717) is 37.5 Å². The lowest BCUT2D eigenvalue weighted by molar-refractivity contribution is -0.179. The van der Waals surface area contributed by atoms with E-state index in [2.05, 4.69) is 5.32 Å². The van der Waals surface area contributed by atoms with Crippen LogP contribution in [0.2, 0.25) is 0 Å². The van der Waals surface area contributed by atoms with Crippen LogP contribution in [0.1, 0.15) is 25.7 Å². The van der Waals surface area contributed by atoms with E-state index in [9.17, 15) is 22.8 Å². The van der Waals surface area contributed by atoms with Crippen molar-refractivity contribution in [3.05, 3.63) is 42.5 Å². The zero-order valence-corrected chi connectivity index (χ0v) is 18.6. The molecule has 0 atom stereocenters. The van der Waals surface area contributed by atoms with Crippen LogP contribution in [0, 0.1) is 5.92 Å². The Labute approximate surface area is 195 Å². The number of nitrogens with two attached hydrogens (primary N) is 1. The van der Waals surface area contributed by atoms with Gasteiger partial charge < -0.3 is 25.6 Å². The Hall–Kier alpha value is -3.43. The topological polar surface area (TPSA) is 87.9 Å². The Kier molecular flexibility index (Phi) is 6.85. The first kappa shape index (κ1) is 23.7. The number of nitrogens with one attached hydrogen (secondary N) is 1. The molecule has 2 aromatic carbocycles. The lowest BCUT2D eigenvalue weighted by Gasteiger charge is -2.34. The summed E-state index contributed by atoms with van der Waals surface area (Å²) in [7, 11) is 0. The van der Waals surface area contributed by atoms with E-state index in [0.717, 1.165) is 17.1 Å². The van der Waals surface area contributed by atoms with Crippen molar-refractivity contribution in [2.75, 3.05) is 41.4 Å². The van der Waals surface area contributed by atoms with Gasteiger partial charge in [-0.15, -0.1) is 0 Å². The highest BCUT2D eigenvalue weighted by atomic mass is 19.4. The molecule has 0 bridgehead atoms. The van der Waals surface area contributed by atoms with Crippen molar-refractivity contribution < 1.29 is 27.5 Å². The van der Waals surface area contributed by atoms with Gasteiger partial charge in [-0.25, -0.2) is 0 Å². The maximum absolute atomic E-state index is 12.9. The molecule has 0 aromatic heterocycles. The van der Waals surface area contributed by atoms with Crippen LogP contribution in [0.4, 0.5) is 35.9 Å². The van der Waals surface area contributed by atoms with Crippen molar-refractivity contribution in [1.29, 1.82) is 0 Å². The Morgan fingerprint density at radius 3 is 2.41 bits per heavy atom. The first-order valence-electron chi connectivity index (χ1n) is 11.2. The SMILES string of the molecule is NC(=O)CCCN1C(=O)COc2cc(Nc3ccc(N4CCC(C(F)(F)F)CC4)cc3)ccc21. The van der Waals surface area contributed by atoms with Gasteiger partial charge in [-0.2, -0.15) is 13.2 Å². The largest absolute Gasteiger partial charge is 0.481 e. The summed E-state index contributed by atoms with van der Waals surface area (Å²) < 4.78 is 44.3. The Morgan fingerprint density at radius 2 is 1.76 bits per heavy atom. The summed E-state index contributed by atoms with van der Waals surface area (Å²) in [5.41, 5.74) is 8.31. The van der Waals surface area contributed by atoms with Crippen LogP contribution in [0.5, 0.6) is 5.75 Å². The molecule has 4 rings (SSSR count). The van der Waals surface area contributed by atoms with Crippen molar-refractivity contribution in [1.82, 2.24) is 0 Å². The van der Waals surface area contributed by atoms with Crippen LogP contribution < -0.4 is 25.6 Å². The Bertz CT molecular complexity index is 1030. The van der Waals surface area contributed by atoms with Crippen molar-refractivity contribution in [2.45, 2.75) is 31.9 Å². The molecule has 0 radical (unpaired) electrons. The minimum Gasteiger partial charge on any atom is -0.481 e. The molecule has 2 aliphatic heterocycles. The molecule has 2 heterocycles. The highest BCUT2D eigenvalue weighted by Gasteiger charge is 2.41. The third kappa shape index (κ3) is 5.55. The quantitative estimate of drug-likeness (QED) is 0.626. The number of hydrogen-bond acceptors (Lipinski definition) is 5. The minimum atomic E-state index is -4.12. The summed E-state index contributed by atoms with van der Waals surface area (Å²) in [5.74, 6) is -1.23. The smallest absolute Gasteiger partial charge is 0.391 e. The number of amides is 2. The van der Waals surface area contributed by atoms with Gasteiger partial charge in [-0.1, -0.05) is 0 Å². The highest BCUT2D eigenvalue weighted by Crippen LogP contribution is 2.37. The Morgan fingerprint density at radius 1 is 1.09 bits per heavy atom. The van der Waals surface area contributed by atoms with Crippen molar-refractivity contribution >= 4 is 34.6 Å². The van der Waals surface area contributed by atoms with E-state index >= 15 is 0 Å². The van der Waals surface area contributed by atoms with Crippen LogP contribution in [0.15, 0.2) is 42.5 Å². The highest BCUT2D eigenvalue weighted by molar-refractivity contribution is 5.98. The zero-order valence-electron chi connectivity index (χ0n) is 18.6. The zero-order chi connectivity index (χ0) is 24.3. The number of nitrogens with zero attached hydrogens (tertiary/aromatic N) is 2. The number of halogens is 3. The fourth-order valence-electron chi connectivity index (χ4n) is 4.33. The normalized spacial score (nSPS) is 16.7. The molecular weight excluding hydrogens is 449 g/mol. The van der Waals surface area contributed by atoms with Gasteiger partial charge in [0.05, 0.1) is 11.6 Å². The van der Waals surface area contributed by atoms with Gasteiger partial charge in [0.25, 0.3) is 5.91 Å². The maximum Gasteiger partial charge on any atom is 0.391 e. The molecule has 7 nitrogen and oxygen atoms in total. The fourth-order valence-corrected chi connectivity index (χ4v) is 4.33. The summed E-state index contributed by atoms with van der Waals surface area (Å²) in [6.45, 7) is 1.07. The molecule has 1 fully saturated rings. The maximum atomic E-state index is 12.9. The molecule has 0 saturated carbocycles. The standard InChI is InChI=1S/C24H27F3N4O3/c25-24(26,27)16-9-12-30(13-10-16)19-6-3-17(4-7-19)29-18-5-8-20-21(14-18)34-15-23(33)31(20)11-1-2-22(28)32/h3-8,14,16,29H,1-2,9-13,15H2,(H2,28,32). The number of carbonyl (C=O) groups excluding carboxylic acids is 2. The van der Waals surface area contributed by atoms with Crippen molar-refractivity contribution in [3.8, 4) is 5.75 Å². The molecule has 10 heteroatoms. The van der Waals surface area contributed by atoms with Crippen molar-refractivity contribution in [2.24, 2.45) is 11.7 Å². The van der Waals surface area contributed by atoms with Gasteiger partial charge in [0.15, 0.2) is 6.61 Å². The number of alkyl halides is 3. The predicted molar refractivity (Wildman–Crippen MR) is 123 cm³/mol. The number of ether oxygens (including phenoxy) is 1. The molecule has 1 saturated heterocycles. The molecule has 0 unspecified atom stereocenters. The van der Waals surface area contributed by atoms with E-state index in [-0.39, 0.29) is 31.8 Å². The van der Waals surface area contributed by atoms with Gasteiger partial charge in [0.1, 0.15) is 5.75 Å². The number of piperidine rings is 1. The van der Waals surface area contributed by atoms with Crippen LogP contribution >= 0.6 is 0 Å². The van der Waals surface area contributed by atoms with Crippen LogP contribution in [-0.2, 0) is 9.59 Å². The summed E-state index contributed by atoms with van der Waals surface area (Å²) in [6.07, 6.45) is -3.22. The first-order valence-corrected chi connectivity index (χ1v) is 11.2. The van der Waals surface area contributed by atoms with Crippen molar-refractivity contribution in [3.63, 3.8) is 0 Å². The average molecular weight is 476 g/mol. The number of fused-ring (bicyclic) bond motifs is 1. The molecule has 0 aliphatic carbocycles. The van der Waals surface area contributed by atoms with E-state index in [1.807, 2.05) is 35.2 Å². The second-order valence-corrected chi connectivity index (χ2v) is 8.56. The third-order valence-electron chi connectivity index (χ3n) is 6.19. The molecular formula is C24H27F3N4O3. The van der Waals surface area contributed by atoms with Gasteiger partial charge in [0, 0.05) is 49.2 Å². The van der Waals surface area contributed by atoms with Gasteiger partial charge in [-0.05, 0) is 55.7 Å². The van der Waals surface area contributed by atoms with E-state index in [1.54, 1.807) is 17.0 Å². The lowest BCUT2D eigenvalue weighted by Crippen LogP contribution is -2.39. The minimum absolute atomic E-state index is 0.0766. The summed E-state index contributed by atoms with van der Waals surface area (Å²) in [6, 6.07) is 13.0. The fraction of sp³-hybridized carbons (Fsp3) is 0.417. The summed E-state index contributed by atoms with van der Waals surface area (Å²) >= 11 is 0. The number of rotatable bonds is 7. The number of carbonyl (C=O) groups is 2. The summed E-state index contributed by atoms with van der Waals surface area (Å²) in [5, 5.41) is 3.28. The first-order chi connectivity index (χ1) is 16.2. The molecule has 2 amide bonds. The Balaban J connectivity index is 1.38. The number of primary amides is 1. The summed E-state index contributed by atoms with van der Waals surface area (Å²) in [4.78, 5) is 26.8. The van der Waals surface area contributed by atoms with E-state index < -0.39 is 18.0 Å². The molecule has 3 N–H and O–H groups in total. The second kappa shape index (κ2) is 9.82. The van der Waals surface area contributed by atoms with Gasteiger partial charge in [0.2, 0.25) is 5.91 Å². The van der Waals surface area contributed by atoms with Crippen LogP contribution in [0.3, 0.4) is 0 Å². The van der Waals surface area contributed by atoms with Crippen LogP contribution in [0.25, 0.3) is 0 Å². The predicted octanol–water partition coefficient (Wildman–Crippen LogP) is 4.20. The van der Waals surface area contributed by atoms with E-state index in [1.165, 1.54) is 0 Å². The molecule has 2 aromatic rings. The number of anilines is 4. The monoisotopic (exact) mass is 476 g/mol. The van der Waals surface area contributed by atoms with E-state index in [4.69, 9.17) is 10.5 Å². The molecule has 0 spiro atoms. The average Bonchev–Trinajstić information content (AvgIpc) is 2.80.